The van der Waals surface area contributed by atoms with Crippen LogP contribution in [0, 0.1) is 6.92 Å². The van der Waals surface area contributed by atoms with Crippen molar-refractivity contribution < 1.29 is 13.0 Å². The number of aromatic amines is 2. The Kier molecular flexibility index (Phi) is 3.04. The van der Waals surface area contributed by atoms with Gasteiger partial charge in [0.25, 0.3) is 15.7 Å². The minimum atomic E-state index is -4.29. The smallest absolute Gasteiger partial charge is 0.294 e. The van der Waals surface area contributed by atoms with Crippen LogP contribution in [-0.4, -0.2) is 27.7 Å². The molecule has 114 valence electrons. The zero-order valence-corrected chi connectivity index (χ0v) is 12.1. The van der Waals surface area contributed by atoms with Gasteiger partial charge in [0.2, 0.25) is 5.56 Å². The Morgan fingerprint density at radius 3 is 2.36 bits per heavy atom. The van der Waals surface area contributed by atoms with E-state index >= 15 is 0 Å². The molecule has 0 saturated carbocycles. The molecule has 0 radical (unpaired) electrons. The van der Waals surface area contributed by atoms with Crippen molar-refractivity contribution in [1.29, 1.82) is 0 Å². The van der Waals surface area contributed by atoms with E-state index in [4.69, 9.17) is 4.55 Å². The third kappa shape index (κ3) is 2.26. The quantitative estimate of drug-likeness (QED) is 0.595. The summed E-state index contributed by atoms with van der Waals surface area (Å²) in [5.74, 6) is 0. The minimum absolute atomic E-state index is 0.273. The summed E-state index contributed by atoms with van der Waals surface area (Å²) in [6.07, 6.45) is 0. The number of pyridine rings is 1. The molecule has 1 aromatic carbocycles. The molecule has 9 heteroatoms. The Morgan fingerprint density at radius 1 is 1.14 bits per heavy atom. The monoisotopic (exact) mass is 321 g/mol. The molecule has 0 aliphatic carbocycles. The number of H-pyrrole nitrogens is 2. The second kappa shape index (κ2) is 4.68. The van der Waals surface area contributed by atoms with E-state index in [0.717, 1.165) is 0 Å². The standard InChI is InChI=1S/C13H11N3O5S/c1-7-6-10(17)14-12-11(7)13(18)16(15-12)8-2-4-9(5-3-8)22(19,20)21/h2-6H,1H3,(H2,14,15,17)(H,19,20,21). The number of benzene rings is 1. The SMILES string of the molecule is Cc1cc(=O)[nH]c2[nH]n(-c3ccc(S(=O)(=O)O)cc3)c(=O)c12. The van der Waals surface area contributed by atoms with Gasteiger partial charge in [-0.3, -0.25) is 19.2 Å². The molecular formula is C13H11N3O5S. The van der Waals surface area contributed by atoms with Gasteiger partial charge in [0.1, 0.15) is 5.65 Å². The summed E-state index contributed by atoms with van der Waals surface area (Å²) in [5.41, 5.74) is 0.486. The molecule has 3 aromatic rings. The van der Waals surface area contributed by atoms with Crippen LogP contribution < -0.4 is 11.1 Å². The van der Waals surface area contributed by atoms with E-state index in [2.05, 4.69) is 10.1 Å². The van der Waals surface area contributed by atoms with Crippen LogP contribution in [0.2, 0.25) is 0 Å². The number of aromatic nitrogens is 3. The van der Waals surface area contributed by atoms with Gasteiger partial charge in [-0.1, -0.05) is 0 Å². The Morgan fingerprint density at radius 2 is 1.77 bits per heavy atom. The first kappa shape index (κ1) is 14.3. The van der Waals surface area contributed by atoms with Gasteiger partial charge < -0.3 is 4.98 Å². The lowest BCUT2D eigenvalue weighted by molar-refractivity contribution is 0.483. The van der Waals surface area contributed by atoms with Crippen LogP contribution in [0.3, 0.4) is 0 Å². The van der Waals surface area contributed by atoms with Gasteiger partial charge in [-0.15, -0.1) is 0 Å². The van der Waals surface area contributed by atoms with Crippen molar-refractivity contribution >= 4 is 21.2 Å². The fourth-order valence-corrected chi connectivity index (χ4v) is 2.75. The van der Waals surface area contributed by atoms with Crippen LogP contribution in [0.1, 0.15) is 5.56 Å². The molecule has 22 heavy (non-hydrogen) atoms. The van der Waals surface area contributed by atoms with Gasteiger partial charge >= 0.3 is 0 Å². The molecule has 0 saturated heterocycles. The van der Waals surface area contributed by atoms with E-state index < -0.39 is 10.1 Å². The third-order valence-electron chi connectivity index (χ3n) is 3.27. The number of fused-ring (bicyclic) bond motifs is 1. The lowest BCUT2D eigenvalue weighted by atomic mass is 10.2. The lowest BCUT2D eigenvalue weighted by Crippen LogP contribution is -2.15. The molecule has 0 aliphatic heterocycles. The summed E-state index contributed by atoms with van der Waals surface area (Å²) < 4.78 is 32.1. The molecule has 0 atom stereocenters. The summed E-state index contributed by atoms with van der Waals surface area (Å²) in [7, 11) is -4.29. The fraction of sp³-hybridized carbons (Fsp3) is 0.0769. The zero-order chi connectivity index (χ0) is 16.1. The minimum Gasteiger partial charge on any atom is -0.307 e. The zero-order valence-electron chi connectivity index (χ0n) is 11.3. The van der Waals surface area contributed by atoms with Gasteiger partial charge in [0.15, 0.2) is 0 Å². The molecule has 0 aliphatic rings. The summed E-state index contributed by atoms with van der Waals surface area (Å²) in [4.78, 5) is 26.1. The number of hydrogen-bond acceptors (Lipinski definition) is 4. The summed E-state index contributed by atoms with van der Waals surface area (Å²) in [6, 6.07) is 6.42. The average Bonchev–Trinajstić information content (AvgIpc) is 2.75. The summed E-state index contributed by atoms with van der Waals surface area (Å²) in [5, 5.41) is 3.10. The van der Waals surface area contributed by atoms with Crippen LogP contribution in [0.5, 0.6) is 0 Å². The molecule has 0 amide bonds. The van der Waals surface area contributed by atoms with E-state index in [1.54, 1.807) is 6.92 Å². The highest BCUT2D eigenvalue weighted by atomic mass is 32.2. The third-order valence-corrected chi connectivity index (χ3v) is 4.14. The van der Waals surface area contributed by atoms with Crippen molar-refractivity contribution in [2.75, 3.05) is 0 Å². The normalized spacial score (nSPS) is 11.9. The Balaban J connectivity index is 2.23. The summed E-state index contributed by atoms with van der Waals surface area (Å²) in [6.45, 7) is 1.65. The molecule has 0 spiro atoms. The predicted octanol–water partition coefficient (Wildman–Crippen LogP) is 0.562. The van der Waals surface area contributed by atoms with Gasteiger partial charge in [-0.2, -0.15) is 8.42 Å². The van der Waals surface area contributed by atoms with Crippen molar-refractivity contribution in [2.24, 2.45) is 0 Å². The molecular weight excluding hydrogens is 310 g/mol. The van der Waals surface area contributed by atoms with Crippen molar-refractivity contribution in [3.05, 3.63) is 56.6 Å². The predicted molar refractivity (Wildman–Crippen MR) is 79.1 cm³/mol. The molecule has 3 N–H and O–H groups in total. The maximum absolute atomic E-state index is 12.4. The van der Waals surface area contributed by atoms with Crippen molar-refractivity contribution in [2.45, 2.75) is 11.8 Å². The lowest BCUT2D eigenvalue weighted by Gasteiger charge is -2.02. The molecule has 8 nitrogen and oxygen atoms in total. The van der Waals surface area contributed by atoms with Crippen LogP contribution in [0.15, 0.2) is 44.8 Å². The molecule has 3 rings (SSSR count). The number of aryl methyl sites for hydroxylation is 1. The van der Waals surface area contributed by atoms with Crippen LogP contribution in [-0.2, 0) is 10.1 Å². The molecule has 0 fully saturated rings. The Hall–Kier alpha value is -2.65. The van der Waals surface area contributed by atoms with Crippen LogP contribution in [0.25, 0.3) is 16.7 Å². The van der Waals surface area contributed by atoms with Gasteiger partial charge in [-0.05, 0) is 36.8 Å². The largest absolute Gasteiger partial charge is 0.307 e. The highest BCUT2D eigenvalue weighted by molar-refractivity contribution is 7.85. The van der Waals surface area contributed by atoms with Crippen LogP contribution in [0.4, 0.5) is 0 Å². The topological polar surface area (TPSA) is 125 Å². The van der Waals surface area contributed by atoms with E-state index in [1.807, 2.05) is 0 Å². The van der Waals surface area contributed by atoms with Gasteiger partial charge in [0, 0.05) is 6.07 Å². The highest BCUT2D eigenvalue weighted by Crippen LogP contribution is 2.14. The van der Waals surface area contributed by atoms with E-state index in [0.29, 0.717) is 16.6 Å². The average molecular weight is 321 g/mol. The Bertz CT molecular complexity index is 1090. The van der Waals surface area contributed by atoms with Crippen molar-refractivity contribution in [3.63, 3.8) is 0 Å². The number of nitrogens with zero attached hydrogens (tertiary/aromatic N) is 1. The number of hydrogen-bond donors (Lipinski definition) is 3. The molecule has 2 heterocycles. The van der Waals surface area contributed by atoms with Gasteiger partial charge in [0.05, 0.1) is 16.0 Å². The number of nitrogens with one attached hydrogen (secondary N) is 2. The highest BCUT2D eigenvalue weighted by Gasteiger charge is 2.13. The first-order valence-corrected chi connectivity index (χ1v) is 7.64. The molecule has 0 bridgehead atoms. The van der Waals surface area contributed by atoms with Crippen molar-refractivity contribution in [1.82, 2.24) is 14.8 Å². The fourth-order valence-electron chi connectivity index (χ4n) is 2.27. The second-order valence-corrected chi connectivity index (χ2v) is 6.21. The maximum Gasteiger partial charge on any atom is 0.294 e. The van der Waals surface area contributed by atoms with E-state index in [1.165, 1.54) is 35.0 Å². The molecule has 2 aromatic heterocycles. The summed E-state index contributed by atoms with van der Waals surface area (Å²) >= 11 is 0. The number of rotatable bonds is 2. The van der Waals surface area contributed by atoms with Crippen LogP contribution >= 0.6 is 0 Å². The van der Waals surface area contributed by atoms with E-state index in [-0.39, 0.29) is 21.7 Å². The van der Waals surface area contributed by atoms with Gasteiger partial charge in [-0.25, -0.2) is 4.68 Å². The van der Waals surface area contributed by atoms with E-state index in [9.17, 15) is 18.0 Å². The first-order chi connectivity index (χ1) is 10.3. The molecule has 0 unspecified atom stereocenters. The Labute approximate surface area is 123 Å². The van der Waals surface area contributed by atoms with Crippen molar-refractivity contribution in [3.8, 4) is 5.69 Å². The second-order valence-electron chi connectivity index (χ2n) is 4.79. The first-order valence-electron chi connectivity index (χ1n) is 6.20. The maximum atomic E-state index is 12.4.